The number of likely N-dealkylation sites (tertiary alicyclic amines) is 1. The lowest BCUT2D eigenvalue weighted by Crippen LogP contribution is -2.39. The molecule has 1 amide bonds. The highest BCUT2D eigenvalue weighted by atomic mass is 19.1. The van der Waals surface area contributed by atoms with Crippen LogP contribution in [0.4, 0.5) is 4.39 Å². The van der Waals surface area contributed by atoms with Gasteiger partial charge in [-0.15, -0.1) is 0 Å². The number of hydrogen-bond donors (Lipinski definition) is 1. The van der Waals surface area contributed by atoms with E-state index in [0.29, 0.717) is 13.1 Å². The SMILES string of the molecule is CC(=O)N[C@@H]1CN(C)C[C@@H]1F. The second-order valence-electron chi connectivity index (χ2n) is 3.04. The molecule has 2 atom stereocenters. The Labute approximate surface area is 65.6 Å². The molecule has 0 radical (unpaired) electrons. The fourth-order valence-electron chi connectivity index (χ4n) is 1.35. The first-order chi connectivity index (χ1) is 5.09. The van der Waals surface area contributed by atoms with Gasteiger partial charge in [-0.05, 0) is 7.05 Å². The Kier molecular flexibility index (Phi) is 2.44. The number of hydrogen-bond acceptors (Lipinski definition) is 2. The van der Waals surface area contributed by atoms with E-state index in [1.807, 2.05) is 11.9 Å². The maximum atomic E-state index is 12.9. The highest BCUT2D eigenvalue weighted by Crippen LogP contribution is 2.10. The molecular formula is C7H13FN2O. The van der Waals surface area contributed by atoms with E-state index in [0.717, 1.165) is 0 Å². The Morgan fingerprint density at radius 3 is 2.64 bits per heavy atom. The normalized spacial score (nSPS) is 32.3. The van der Waals surface area contributed by atoms with E-state index in [1.54, 1.807) is 0 Å². The van der Waals surface area contributed by atoms with Gasteiger partial charge < -0.3 is 10.2 Å². The summed E-state index contributed by atoms with van der Waals surface area (Å²) < 4.78 is 12.9. The number of carbonyl (C=O) groups is 1. The van der Waals surface area contributed by atoms with Crippen LogP contribution in [0.25, 0.3) is 0 Å². The van der Waals surface area contributed by atoms with E-state index in [2.05, 4.69) is 5.32 Å². The van der Waals surface area contributed by atoms with Gasteiger partial charge in [0.05, 0.1) is 6.04 Å². The summed E-state index contributed by atoms with van der Waals surface area (Å²) in [6, 6.07) is -0.308. The number of halogens is 1. The zero-order valence-electron chi connectivity index (χ0n) is 6.80. The standard InChI is InChI=1S/C7H13FN2O/c1-5(11)9-7-4-10(2)3-6(7)8/h6-7H,3-4H2,1-2H3,(H,9,11)/t6-,7+/m0/s1. The molecule has 0 unspecified atom stereocenters. The number of nitrogens with one attached hydrogen (secondary N) is 1. The summed E-state index contributed by atoms with van der Waals surface area (Å²) >= 11 is 0. The highest BCUT2D eigenvalue weighted by molar-refractivity contribution is 5.73. The van der Waals surface area contributed by atoms with Crippen molar-refractivity contribution in [2.24, 2.45) is 0 Å². The molecule has 0 aromatic carbocycles. The highest BCUT2D eigenvalue weighted by Gasteiger charge is 2.30. The monoisotopic (exact) mass is 160 g/mol. The fraction of sp³-hybridized carbons (Fsp3) is 0.857. The second-order valence-corrected chi connectivity index (χ2v) is 3.04. The lowest BCUT2D eigenvalue weighted by molar-refractivity contribution is -0.119. The largest absolute Gasteiger partial charge is 0.349 e. The second kappa shape index (κ2) is 3.17. The zero-order chi connectivity index (χ0) is 8.43. The summed E-state index contributed by atoms with van der Waals surface area (Å²) in [5.74, 6) is -0.159. The molecule has 0 spiro atoms. The molecule has 1 saturated heterocycles. The van der Waals surface area contributed by atoms with Crippen LogP contribution >= 0.6 is 0 Å². The smallest absolute Gasteiger partial charge is 0.217 e. The molecule has 11 heavy (non-hydrogen) atoms. The van der Waals surface area contributed by atoms with Crippen molar-refractivity contribution >= 4 is 5.91 Å². The van der Waals surface area contributed by atoms with Crippen molar-refractivity contribution in [1.29, 1.82) is 0 Å². The van der Waals surface area contributed by atoms with Crippen LogP contribution < -0.4 is 5.32 Å². The molecule has 64 valence electrons. The van der Waals surface area contributed by atoms with Gasteiger partial charge in [0, 0.05) is 20.0 Å². The first-order valence-corrected chi connectivity index (χ1v) is 3.69. The predicted octanol–water partition coefficient (Wildman–Crippen LogP) is -0.225. The molecule has 1 heterocycles. The Morgan fingerprint density at radius 1 is 1.64 bits per heavy atom. The fourth-order valence-corrected chi connectivity index (χ4v) is 1.35. The maximum absolute atomic E-state index is 12.9. The Morgan fingerprint density at radius 2 is 2.27 bits per heavy atom. The third-order valence-electron chi connectivity index (χ3n) is 1.82. The van der Waals surface area contributed by atoms with Gasteiger partial charge in [-0.25, -0.2) is 4.39 Å². The molecule has 1 N–H and O–H groups in total. The Bertz CT molecular complexity index is 163. The molecule has 1 fully saturated rings. The van der Waals surface area contributed by atoms with Gasteiger partial charge in [0.2, 0.25) is 5.91 Å². The summed E-state index contributed by atoms with van der Waals surface area (Å²) in [7, 11) is 1.84. The van der Waals surface area contributed by atoms with E-state index in [1.165, 1.54) is 6.92 Å². The minimum Gasteiger partial charge on any atom is -0.349 e. The van der Waals surface area contributed by atoms with Gasteiger partial charge in [-0.3, -0.25) is 4.79 Å². The molecule has 3 nitrogen and oxygen atoms in total. The van der Waals surface area contributed by atoms with Crippen LogP contribution in [0.5, 0.6) is 0 Å². The van der Waals surface area contributed by atoms with Gasteiger partial charge in [0.1, 0.15) is 6.17 Å². The molecule has 4 heteroatoms. The van der Waals surface area contributed by atoms with Crippen LogP contribution in [0.1, 0.15) is 6.92 Å². The first-order valence-electron chi connectivity index (χ1n) is 3.69. The minimum absolute atomic E-state index is 0.159. The van der Waals surface area contributed by atoms with Crippen LogP contribution in [-0.4, -0.2) is 43.2 Å². The van der Waals surface area contributed by atoms with Crippen LogP contribution in [-0.2, 0) is 4.79 Å². The topological polar surface area (TPSA) is 32.3 Å². The number of nitrogens with zero attached hydrogens (tertiary/aromatic N) is 1. The van der Waals surface area contributed by atoms with Gasteiger partial charge >= 0.3 is 0 Å². The van der Waals surface area contributed by atoms with Crippen molar-refractivity contribution in [3.05, 3.63) is 0 Å². The quantitative estimate of drug-likeness (QED) is 0.575. The number of amides is 1. The lowest BCUT2D eigenvalue weighted by Gasteiger charge is -2.11. The Hall–Kier alpha value is -0.640. The van der Waals surface area contributed by atoms with Crippen molar-refractivity contribution in [2.45, 2.75) is 19.1 Å². The molecule has 1 aliphatic heterocycles. The van der Waals surface area contributed by atoms with Gasteiger partial charge in [0.25, 0.3) is 0 Å². The third kappa shape index (κ3) is 2.15. The maximum Gasteiger partial charge on any atom is 0.217 e. The summed E-state index contributed by atoms with van der Waals surface area (Å²) in [5, 5.41) is 2.57. The van der Waals surface area contributed by atoms with E-state index in [9.17, 15) is 9.18 Å². The zero-order valence-corrected chi connectivity index (χ0v) is 6.80. The van der Waals surface area contributed by atoms with Crippen molar-refractivity contribution in [1.82, 2.24) is 10.2 Å². The van der Waals surface area contributed by atoms with Gasteiger partial charge in [-0.1, -0.05) is 0 Å². The molecule has 1 rings (SSSR count). The van der Waals surface area contributed by atoms with Crippen LogP contribution in [0.3, 0.4) is 0 Å². The minimum atomic E-state index is -0.913. The average molecular weight is 160 g/mol. The number of likely N-dealkylation sites (N-methyl/N-ethyl adjacent to an activating group) is 1. The van der Waals surface area contributed by atoms with Gasteiger partial charge in [-0.2, -0.15) is 0 Å². The summed E-state index contributed by atoms with van der Waals surface area (Å²) in [6.45, 7) is 2.44. The number of alkyl halides is 1. The van der Waals surface area contributed by atoms with Crippen LogP contribution in [0.2, 0.25) is 0 Å². The van der Waals surface area contributed by atoms with Crippen molar-refractivity contribution in [3.63, 3.8) is 0 Å². The van der Waals surface area contributed by atoms with Gasteiger partial charge in [0.15, 0.2) is 0 Å². The molecule has 1 aliphatic rings. The average Bonchev–Trinajstić information content (AvgIpc) is 2.09. The summed E-state index contributed by atoms with van der Waals surface area (Å²) in [4.78, 5) is 12.4. The molecule has 0 bridgehead atoms. The van der Waals surface area contributed by atoms with Crippen LogP contribution in [0, 0.1) is 0 Å². The lowest BCUT2D eigenvalue weighted by atomic mass is 10.2. The molecule has 0 aromatic rings. The predicted molar refractivity (Wildman–Crippen MR) is 40.0 cm³/mol. The molecule has 0 saturated carbocycles. The summed E-state index contributed by atoms with van der Waals surface area (Å²) in [6.07, 6.45) is -0.913. The van der Waals surface area contributed by atoms with Crippen molar-refractivity contribution in [2.75, 3.05) is 20.1 Å². The van der Waals surface area contributed by atoms with Crippen molar-refractivity contribution < 1.29 is 9.18 Å². The van der Waals surface area contributed by atoms with E-state index < -0.39 is 6.17 Å². The molecule has 0 aromatic heterocycles. The van der Waals surface area contributed by atoms with Crippen molar-refractivity contribution in [3.8, 4) is 0 Å². The van der Waals surface area contributed by atoms with E-state index in [4.69, 9.17) is 0 Å². The molecular weight excluding hydrogens is 147 g/mol. The first kappa shape index (κ1) is 8.46. The number of carbonyl (C=O) groups excluding carboxylic acids is 1. The van der Waals surface area contributed by atoms with Crippen LogP contribution in [0.15, 0.2) is 0 Å². The third-order valence-corrected chi connectivity index (χ3v) is 1.82. The number of rotatable bonds is 1. The van der Waals surface area contributed by atoms with E-state index >= 15 is 0 Å². The Balaban J connectivity index is 2.40. The summed E-state index contributed by atoms with van der Waals surface area (Å²) in [5.41, 5.74) is 0. The van der Waals surface area contributed by atoms with E-state index in [-0.39, 0.29) is 11.9 Å². The molecule has 0 aliphatic carbocycles.